The quantitative estimate of drug-likeness (QED) is 0.858. The SMILES string of the molecule is Cc1cc(C)c(C2CNC(C(=O)O)C(C)O2)c(C)c1. The maximum Gasteiger partial charge on any atom is 0.323 e. The molecule has 3 unspecified atom stereocenters. The molecule has 0 spiro atoms. The van der Waals surface area contributed by atoms with E-state index in [2.05, 4.69) is 38.2 Å². The predicted octanol–water partition coefficient (Wildman–Crippen LogP) is 2.11. The van der Waals surface area contributed by atoms with Crippen molar-refractivity contribution in [1.29, 1.82) is 0 Å². The van der Waals surface area contributed by atoms with Crippen LogP contribution in [-0.2, 0) is 9.53 Å². The van der Waals surface area contributed by atoms with Gasteiger partial charge in [-0.2, -0.15) is 0 Å². The number of aliphatic carboxylic acids is 1. The molecule has 2 rings (SSSR count). The molecule has 1 fully saturated rings. The fourth-order valence-electron chi connectivity index (χ4n) is 2.94. The molecule has 4 nitrogen and oxygen atoms in total. The van der Waals surface area contributed by atoms with Crippen LogP contribution in [0.15, 0.2) is 12.1 Å². The van der Waals surface area contributed by atoms with E-state index in [1.54, 1.807) is 6.92 Å². The Morgan fingerprint density at radius 2 is 1.89 bits per heavy atom. The summed E-state index contributed by atoms with van der Waals surface area (Å²) in [6, 6.07) is 3.65. The number of hydrogen-bond donors (Lipinski definition) is 2. The number of morpholine rings is 1. The third-order valence-electron chi connectivity index (χ3n) is 3.70. The molecule has 0 aromatic heterocycles. The Morgan fingerprint density at radius 3 is 2.37 bits per heavy atom. The van der Waals surface area contributed by atoms with Crippen molar-refractivity contribution in [3.05, 3.63) is 34.4 Å². The number of aryl methyl sites for hydroxylation is 3. The van der Waals surface area contributed by atoms with E-state index in [4.69, 9.17) is 9.84 Å². The van der Waals surface area contributed by atoms with Gasteiger partial charge in [0.2, 0.25) is 0 Å². The Labute approximate surface area is 113 Å². The first-order valence-corrected chi connectivity index (χ1v) is 6.59. The van der Waals surface area contributed by atoms with E-state index in [0.29, 0.717) is 6.54 Å². The number of hydrogen-bond acceptors (Lipinski definition) is 3. The maximum atomic E-state index is 11.0. The summed E-state index contributed by atoms with van der Waals surface area (Å²) < 4.78 is 5.90. The van der Waals surface area contributed by atoms with Crippen molar-refractivity contribution in [1.82, 2.24) is 5.32 Å². The molecule has 0 amide bonds. The van der Waals surface area contributed by atoms with Gasteiger partial charge >= 0.3 is 5.97 Å². The Morgan fingerprint density at radius 1 is 1.32 bits per heavy atom. The van der Waals surface area contributed by atoms with Crippen molar-refractivity contribution in [2.75, 3.05) is 6.54 Å². The molecule has 1 saturated heterocycles. The summed E-state index contributed by atoms with van der Waals surface area (Å²) in [7, 11) is 0. The summed E-state index contributed by atoms with van der Waals surface area (Å²) in [6.45, 7) is 8.56. The highest BCUT2D eigenvalue weighted by molar-refractivity contribution is 5.74. The van der Waals surface area contributed by atoms with Gasteiger partial charge in [-0.15, -0.1) is 0 Å². The number of carboxylic acids is 1. The van der Waals surface area contributed by atoms with E-state index in [9.17, 15) is 4.79 Å². The van der Waals surface area contributed by atoms with E-state index in [1.165, 1.54) is 22.3 Å². The van der Waals surface area contributed by atoms with E-state index >= 15 is 0 Å². The highest BCUT2D eigenvalue weighted by Crippen LogP contribution is 2.29. The fraction of sp³-hybridized carbons (Fsp3) is 0.533. The monoisotopic (exact) mass is 263 g/mol. The van der Waals surface area contributed by atoms with Crippen molar-refractivity contribution < 1.29 is 14.6 Å². The lowest BCUT2D eigenvalue weighted by Crippen LogP contribution is -2.52. The number of benzene rings is 1. The summed E-state index contributed by atoms with van der Waals surface area (Å²) in [5, 5.41) is 12.1. The van der Waals surface area contributed by atoms with Crippen LogP contribution in [0.3, 0.4) is 0 Å². The molecule has 1 aromatic rings. The van der Waals surface area contributed by atoms with Gasteiger partial charge in [0.05, 0.1) is 12.2 Å². The average molecular weight is 263 g/mol. The molecule has 0 saturated carbocycles. The van der Waals surface area contributed by atoms with Gasteiger partial charge in [-0.3, -0.25) is 10.1 Å². The molecule has 1 aromatic carbocycles. The van der Waals surface area contributed by atoms with Crippen LogP contribution >= 0.6 is 0 Å². The molecule has 4 heteroatoms. The van der Waals surface area contributed by atoms with Crippen LogP contribution in [0.4, 0.5) is 0 Å². The van der Waals surface area contributed by atoms with Gasteiger partial charge in [0.15, 0.2) is 0 Å². The van der Waals surface area contributed by atoms with Crippen LogP contribution < -0.4 is 5.32 Å². The van der Waals surface area contributed by atoms with Gasteiger partial charge in [-0.05, 0) is 44.4 Å². The van der Waals surface area contributed by atoms with E-state index in [1.807, 2.05) is 0 Å². The lowest BCUT2D eigenvalue weighted by Gasteiger charge is -2.35. The highest BCUT2D eigenvalue weighted by atomic mass is 16.5. The lowest BCUT2D eigenvalue weighted by atomic mass is 9.94. The van der Waals surface area contributed by atoms with Crippen LogP contribution in [0, 0.1) is 20.8 Å². The van der Waals surface area contributed by atoms with Crippen molar-refractivity contribution >= 4 is 5.97 Å². The molecule has 0 radical (unpaired) electrons. The smallest absolute Gasteiger partial charge is 0.323 e. The molecule has 0 bridgehead atoms. The standard InChI is InChI=1S/C15H21NO3/c1-8-5-9(2)13(10(3)6-8)12-7-16-14(15(17)18)11(4)19-12/h5-6,11-12,14,16H,7H2,1-4H3,(H,17,18). The molecular formula is C15H21NO3. The number of nitrogens with one attached hydrogen (secondary N) is 1. The zero-order valence-corrected chi connectivity index (χ0v) is 11.9. The Hall–Kier alpha value is -1.39. The summed E-state index contributed by atoms with van der Waals surface area (Å²) in [4.78, 5) is 11.0. The number of carbonyl (C=O) groups is 1. The topological polar surface area (TPSA) is 58.6 Å². The summed E-state index contributed by atoms with van der Waals surface area (Å²) in [6.07, 6.45) is -0.414. The second kappa shape index (κ2) is 5.31. The average Bonchev–Trinajstić information content (AvgIpc) is 2.26. The van der Waals surface area contributed by atoms with Crippen molar-refractivity contribution in [3.8, 4) is 0 Å². The molecule has 2 N–H and O–H groups in total. The minimum absolute atomic E-state index is 0.0776. The van der Waals surface area contributed by atoms with Crippen molar-refractivity contribution in [3.63, 3.8) is 0 Å². The summed E-state index contributed by atoms with van der Waals surface area (Å²) >= 11 is 0. The first-order valence-electron chi connectivity index (χ1n) is 6.59. The summed E-state index contributed by atoms with van der Waals surface area (Å²) in [5.41, 5.74) is 4.81. The fourth-order valence-corrected chi connectivity index (χ4v) is 2.94. The van der Waals surface area contributed by atoms with Gasteiger partial charge in [0.1, 0.15) is 6.04 Å². The van der Waals surface area contributed by atoms with Crippen LogP contribution in [0.2, 0.25) is 0 Å². The van der Waals surface area contributed by atoms with E-state index in [0.717, 1.165) is 0 Å². The van der Waals surface area contributed by atoms with Gasteiger partial charge in [0, 0.05) is 6.54 Å². The second-order valence-corrected chi connectivity index (χ2v) is 5.37. The molecule has 1 aliphatic heterocycles. The van der Waals surface area contributed by atoms with Crippen molar-refractivity contribution in [2.24, 2.45) is 0 Å². The number of rotatable bonds is 2. The predicted molar refractivity (Wildman–Crippen MR) is 73.4 cm³/mol. The van der Waals surface area contributed by atoms with Gasteiger partial charge < -0.3 is 9.84 Å². The lowest BCUT2D eigenvalue weighted by molar-refractivity contribution is -0.149. The van der Waals surface area contributed by atoms with Gasteiger partial charge in [0.25, 0.3) is 0 Å². The highest BCUT2D eigenvalue weighted by Gasteiger charge is 2.34. The number of ether oxygens (including phenoxy) is 1. The zero-order chi connectivity index (χ0) is 14.2. The van der Waals surface area contributed by atoms with E-state index in [-0.39, 0.29) is 12.2 Å². The molecule has 104 valence electrons. The van der Waals surface area contributed by atoms with Crippen LogP contribution in [0.1, 0.15) is 35.3 Å². The Balaban J connectivity index is 2.24. The largest absolute Gasteiger partial charge is 0.480 e. The Kier molecular flexibility index (Phi) is 3.92. The minimum Gasteiger partial charge on any atom is -0.480 e. The van der Waals surface area contributed by atoms with Gasteiger partial charge in [-0.25, -0.2) is 0 Å². The third-order valence-corrected chi connectivity index (χ3v) is 3.70. The van der Waals surface area contributed by atoms with E-state index < -0.39 is 12.0 Å². The van der Waals surface area contributed by atoms with Crippen LogP contribution in [0.5, 0.6) is 0 Å². The first-order chi connectivity index (χ1) is 8.90. The molecule has 19 heavy (non-hydrogen) atoms. The maximum absolute atomic E-state index is 11.0. The van der Waals surface area contributed by atoms with Crippen molar-refractivity contribution in [2.45, 2.75) is 45.9 Å². The molecule has 3 atom stereocenters. The van der Waals surface area contributed by atoms with Gasteiger partial charge in [-0.1, -0.05) is 17.7 Å². The van der Waals surface area contributed by atoms with Crippen LogP contribution in [-0.4, -0.2) is 29.8 Å². The normalized spacial score (nSPS) is 27.3. The Bertz CT molecular complexity index is 475. The summed E-state index contributed by atoms with van der Waals surface area (Å²) in [5.74, 6) is -0.858. The third kappa shape index (κ3) is 2.80. The first kappa shape index (κ1) is 14.0. The second-order valence-electron chi connectivity index (χ2n) is 5.37. The molecule has 1 aliphatic rings. The minimum atomic E-state index is -0.858. The molecule has 1 heterocycles. The van der Waals surface area contributed by atoms with Crippen LogP contribution in [0.25, 0.3) is 0 Å². The molecule has 0 aliphatic carbocycles. The molecular weight excluding hydrogens is 242 g/mol. The zero-order valence-electron chi connectivity index (χ0n) is 11.9. The number of carboxylic acid groups (broad SMARTS) is 1.